The number of ether oxygens (including phenoxy) is 1. The molecule has 0 aliphatic carbocycles. The second-order valence-electron chi connectivity index (χ2n) is 7.16. The van der Waals surface area contributed by atoms with Crippen LogP contribution < -0.4 is 10.1 Å². The van der Waals surface area contributed by atoms with Crippen LogP contribution >= 0.6 is 0 Å². The van der Waals surface area contributed by atoms with Crippen molar-refractivity contribution in [2.75, 3.05) is 12.4 Å². The maximum Gasteiger partial charge on any atom is 0.279 e. The zero-order chi connectivity index (χ0) is 22.0. The first-order chi connectivity index (χ1) is 14.8. The molecule has 3 heterocycles. The van der Waals surface area contributed by atoms with Gasteiger partial charge in [0.1, 0.15) is 29.9 Å². The molecule has 0 atom stereocenters. The van der Waals surface area contributed by atoms with Gasteiger partial charge in [0.15, 0.2) is 23.7 Å². The Kier molecular flexibility index (Phi) is 5.26. The lowest BCUT2D eigenvalue weighted by molar-refractivity contribution is 0.0737. The summed E-state index contributed by atoms with van der Waals surface area (Å²) >= 11 is 0. The fraction of sp³-hybridized carbons (Fsp3) is 0.250. The summed E-state index contributed by atoms with van der Waals surface area (Å²) in [6.07, 6.45) is 3.97. The highest BCUT2D eigenvalue weighted by molar-refractivity contribution is 6.05. The summed E-state index contributed by atoms with van der Waals surface area (Å²) in [7, 11) is 1.56. The van der Waals surface area contributed by atoms with Crippen LogP contribution in [0.25, 0.3) is 11.3 Å². The van der Waals surface area contributed by atoms with E-state index in [4.69, 9.17) is 13.6 Å². The number of aliphatic hydroxyl groups is 1. The highest BCUT2D eigenvalue weighted by atomic mass is 16.5. The lowest BCUT2D eigenvalue weighted by atomic mass is 10.1. The molecule has 3 aromatic heterocycles. The average Bonchev–Trinajstić information content (AvgIpc) is 3.48. The number of carbonyl (C=O) groups excluding carboxylic acids is 1. The van der Waals surface area contributed by atoms with Crippen molar-refractivity contribution in [2.24, 2.45) is 0 Å². The van der Waals surface area contributed by atoms with Crippen molar-refractivity contribution < 1.29 is 23.5 Å². The van der Waals surface area contributed by atoms with Gasteiger partial charge in [-0.3, -0.25) is 4.79 Å². The molecular formula is C20H20N6O5. The maximum absolute atomic E-state index is 12.7. The fourth-order valence-electron chi connectivity index (χ4n) is 2.77. The molecule has 4 rings (SSSR count). The van der Waals surface area contributed by atoms with E-state index in [1.807, 2.05) is 0 Å². The van der Waals surface area contributed by atoms with Crippen LogP contribution in [0.15, 0.2) is 52.0 Å². The van der Waals surface area contributed by atoms with Crippen molar-refractivity contribution in [2.45, 2.75) is 26.0 Å². The third-order valence-electron chi connectivity index (χ3n) is 4.35. The summed E-state index contributed by atoms with van der Waals surface area (Å²) in [5, 5.41) is 20.9. The lowest BCUT2D eigenvalue weighted by Crippen LogP contribution is -2.16. The molecule has 0 spiro atoms. The second-order valence-corrected chi connectivity index (χ2v) is 7.16. The summed E-state index contributed by atoms with van der Waals surface area (Å²) in [6.45, 7) is 3.35. The Morgan fingerprint density at radius 3 is 2.90 bits per heavy atom. The number of benzene rings is 1. The monoisotopic (exact) mass is 424 g/mol. The number of hydrogen-bond donors (Lipinski definition) is 2. The van der Waals surface area contributed by atoms with Crippen molar-refractivity contribution in [3.05, 3.63) is 60.4 Å². The first-order valence-corrected chi connectivity index (χ1v) is 9.30. The van der Waals surface area contributed by atoms with Gasteiger partial charge in [0.25, 0.3) is 5.91 Å². The van der Waals surface area contributed by atoms with Crippen LogP contribution in [0.2, 0.25) is 0 Å². The van der Waals surface area contributed by atoms with E-state index in [-0.39, 0.29) is 18.1 Å². The van der Waals surface area contributed by atoms with Gasteiger partial charge in [-0.2, -0.15) is 9.90 Å². The molecule has 0 bridgehead atoms. The standard InChI is InChI=1S/C20H20N6O5/c1-20(2,28)14-10-30-16(23-14)9-26-22-8-15(25-26)24-19(27)17-18(31-11-21-17)12-5-4-6-13(7-12)29-3/h4-8,10-11,28H,9H2,1-3H3,(H,24,25,27). The number of hydrogen-bond acceptors (Lipinski definition) is 9. The molecule has 0 unspecified atom stereocenters. The van der Waals surface area contributed by atoms with Gasteiger partial charge in [0.05, 0.1) is 13.3 Å². The van der Waals surface area contributed by atoms with Gasteiger partial charge in [-0.1, -0.05) is 12.1 Å². The topological polar surface area (TPSA) is 141 Å². The van der Waals surface area contributed by atoms with E-state index in [2.05, 4.69) is 25.5 Å². The van der Waals surface area contributed by atoms with Gasteiger partial charge in [-0.25, -0.2) is 9.97 Å². The summed E-state index contributed by atoms with van der Waals surface area (Å²) in [6, 6.07) is 7.10. The minimum atomic E-state index is -1.11. The van der Waals surface area contributed by atoms with Crippen LogP contribution in [0.3, 0.4) is 0 Å². The van der Waals surface area contributed by atoms with Crippen LogP contribution in [-0.2, 0) is 12.1 Å². The number of aromatic nitrogens is 5. The third kappa shape index (κ3) is 4.46. The zero-order valence-electron chi connectivity index (χ0n) is 17.1. The highest BCUT2D eigenvalue weighted by Gasteiger charge is 2.22. The zero-order valence-corrected chi connectivity index (χ0v) is 17.1. The Hall–Kier alpha value is -3.99. The van der Waals surface area contributed by atoms with E-state index < -0.39 is 11.5 Å². The minimum Gasteiger partial charge on any atom is -0.497 e. The highest BCUT2D eigenvalue weighted by Crippen LogP contribution is 2.27. The van der Waals surface area contributed by atoms with Gasteiger partial charge in [-0.05, 0) is 26.0 Å². The number of amides is 1. The largest absolute Gasteiger partial charge is 0.497 e. The molecule has 0 aliphatic heterocycles. The van der Waals surface area contributed by atoms with Crippen LogP contribution in [0.1, 0.15) is 35.9 Å². The number of rotatable bonds is 7. The van der Waals surface area contributed by atoms with E-state index in [9.17, 15) is 9.90 Å². The first-order valence-electron chi connectivity index (χ1n) is 9.30. The molecule has 0 radical (unpaired) electrons. The molecule has 0 saturated heterocycles. The maximum atomic E-state index is 12.7. The van der Waals surface area contributed by atoms with Crippen molar-refractivity contribution in [1.82, 2.24) is 25.0 Å². The SMILES string of the molecule is COc1cccc(-c2ocnc2C(=O)Nc2cnn(Cc3nc(C(C)(C)O)co3)n2)c1. The Bertz CT molecular complexity index is 1200. The van der Waals surface area contributed by atoms with Gasteiger partial charge < -0.3 is 24.0 Å². The van der Waals surface area contributed by atoms with Crippen molar-refractivity contribution >= 4 is 11.7 Å². The molecule has 160 valence electrons. The van der Waals surface area contributed by atoms with Gasteiger partial charge in [0, 0.05) is 5.56 Å². The smallest absolute Gasteiger partial charge is 0.279 e. The predicted octanol–water partition coefficient (Wildman–Crippen LogP) is 2.46. The van der Waals surface area contributed by atoms with Crippen molar-refractivity contribution in [3.8, 4) is 17.1 Å². The van der Waals surface area contributed by atoms with Crippen LogP contribution in [0, 0.1) is 0 Å². The van der Waals surface area contributed by atoms with E-state index in [1.54, 1.807) is 45.2 Å². The van der Waals surface area contributed by atoms with E-state index >= 15 is 0 Å². The van der Waals surface area contributed by atoms with Crippen molar-refractivity contribution in [3.63, 3.8) is 0 Å². The third-order valence-corrected chi connectivity index (χ3v) is 4.35. The minimum absolute atomic E-state index is 0.102. The molecule has 31 heavy (non-hydrogen) atoms. The Labute approximate surface area is 176 Å². The fourth-order valence-corrected chi connectivity index (χ4v) is 2.77. The van der Waals surface area contributed by atoms with Gasteiger partial charge in [-0.15, -0.1) is 5.10 Å². The number of oxazole rings is 2. The normalized spacial score (nSPS) is 11.5. The van der Waals surface area contributed by atoms with E-state index in [0.29, 0.717) is 28.7 Å². The molecule has 11 nitrogen and oxygen atoms in total. The Balaban J connectivity index is 1.46. The second kappa shape index (κ2) is 8.03. The number of anilines is 1. The van der Waals surface area contributed by atoms with Gasteiger partial charge in [0.2, 0.25) is 5.89 Å². The Morgan fingerprint density at radius 1 is 1.32 bits per heavy atom. The molecule has 0 saturated carbocycles. The number of carbonyl (C=O) groups is 1. The summed E-state index contributed by atoms with van der Waals surface area (Å²) in [5.41, 5.74) is 0.0398. The number of methoxy groups -OCH3 is 1. The number of nitrogens with zero attached hydrogens (tertiary/aromatic N) is 5. The Morgan fingerprint density at radius 2 is 2.16 bits per heavy atom. The molecule has 2 N–H and O–H groups in total. The summed E-state index contributed by atoms with van der Waals surface area (Å²) < 4.78 is 16.0. The number of nitrogens with one attached hydrogen (secondary N) is 1. The first kappa shape index (κ1) is 20.3. The van der Waals surface area contributed by atoms with Crippen LogP contribution in [-0.4, -0.2) is 43.1 Å². The van der Waals surface area contributed by atoms with E-state index in [0.717, 1.165) is 0 Å². The molecule has 0 aliphatic rings. The van der Waals surface area contributed by atoms with Crippen LogP contribution in [0.5, 0.6) is 5.75 Å². The predicted molar refractivity (Wildman–Crippen MR) is 107 cm³/mol. The molecule has 0 fully saturated rings. The summed E-state index contributed by atoms with van der Waals surface area (Å²) in [4.78, 5) is 22.2. The quantitative estimate of drug-likeness (QED) is 0.457. The molecule has 1 amide bonds. The summed E-state index contributed by atoms with van der Waals surface area (Å²) in [5.74, 6) is 0.977. The average molecular weight is 424 g/mol. The van der Waals surface area contributed by atoms with E-state index in [1.165, 1.54) is 23.7 Å². The molecular weight excluding hydrogens is 404 g/mol. The van der Waals surface area contributed by atoms with Crippen LogP contribution in [0.4, 0.5) is 5.82 Å². The molecule has 11 heteroatoms. The van der Waals surface area contributed by atoms with Gasteiger partial charge >= 0.3 is 0 Å². The van der Waals surface area contributed by atoms with Crippen molar-refractivity contribution in [1.29, 1.82) is 0 Å². The lowest BCUT2D eigenvalue weighted by Gasteiger charge is -2.11. The molecule has 1 aromatic carbocycles. The molecule has 4 aromatic rings.